The molecule has 9 heteroatoms. The zero-order valence-electron chi connectivity index (χ0n) is 18.7. The predicted molar refractivity (Wildman–Crippen MR) is 134 cm³/mol. The summed E-state index contributed by atoms with van der Waals surface area (Å²) in [5.41, 5.74) is 2.84. The third-order valence-corrected chi connectivity index (χ3v) is 5.26. The lowest BCUT2D eigenvalue weighted by atomic mass is 10.1. The van der Waals surface area contributed by atoms with Gasteiger partial charge in [-0.3, -0.25) is 19.7 Å². The van der Waals surface area contributed by atoms with Crippen molar-refractivity contribution in [1.29, 1.82) is 0 Å². The van der Waals surface area contributed by atoms with E-state index in [-0.39, 0.29) is 16.9 Å². The van der Waals surface area contributed by atoms with Crippen LogP contribution in [0.5, 0.6) is 5.75 Å². The van der Waals surface area contributed by atoms with Crippen LogP contribution < -0.4 is 15.4 Å². The van der Waals surface area contributed by atoms with Crippen molar-refractivity contribution in [3.8, 4) is 5.75 Å². The van der Waals surface area contributed by atoms with Gasteiger partial charge in [0.05, 0.1) is 17.6 Å². The molecule has 3 rings (SSSR count). The fraction of sp³-hybridized carbons (Fsp3) is 0.120. The summed E-state index contributed by atoms with van der Waals surface area (Å²) in [5, 5.41) is 16.6. The third-order valence-electron chi connectivity index (χ3n) is 4.77. The molecule has 0 spiro atoms. The van der Waals surface area contributed by atoms with Gasteiger partial charge in [0.2, 0.25) is 0 Å². The molecule has 8 nitrogen and oxygen atoms in total. The van der Waals surface area contributed by atoms with Crippen LogP contribution in [-0.2, 0) is 4.79 Å². The molecule has 0 fully saturated rings. The normalized spacial score (nSPS) is 11.0. The number of aryl methyl sites for hydroxylation is 2. The van der Waals surface area contributed by atoms with E-state index in [4.69, 9.17) is 4.74 Å². The number of methoxy groups -OCH3 is 1. The number of halogens is 1. The fourth-order valence-corrected chi connectivity index (χ4v) is 3.71. The Balaban J connectivity index is 2.00. The summed E-state index contributed by atoms with van der Waals surface area (Å²) in [5.74, 6) is -0.839. The maximum atomic E-state index is 13.2. The first-order valence-corrected chi connectivity index (χ1v) is 11.0. The van der Waals surface area contributed by atoms with E-state index in [1.807, 2.05) is 19.9 Å². The fourth-order valence-electron chi connectivity index (χ4n) is 3.35. The molecule has 0 atom stereocenters. The summed E-state index contributed by atoms with van der Waals surface area (Å²) in [6.45, 7) is 3.81. The zero-order valence-corrected chi connectivity index (χ0v) is 20.3. The maximum Gasteiger partial charge on any atom is 0.272 e. The topological polar surface area (TPSA) is 111 Å². The number of nitro benzene ring substituents is 1. The third kappa shape index (κ3) is 6.29. The number of nitrogens with zero attached hydrogens (tertiary/aromatic N) is 1. The molecule has 0 saturated carbocycles. The molecule has 0 aliphatic carbocycles. The van der Waals surface area contributed by atoms with Crippen LogP contribution in [-0.4, -0.2) is 23.8 Å². The smallest absolute Gasteiger partial charge is 0.272 e. The monoisotopic (exact) mass is 523 g/mol. The van der Waals surface area contributed by atoms with Crippen LogP contribution in [0.1, 0.15) is 27.0 Å². The second-order valence-electron chi connectivity index (χ2n) is 7.54. The van der Waals surface area contributed by atoms with Crippen molar-refractivity contribution in [3.63, 3.8) is 0 Å². The standard InChI is InChI=1S/C25H22BrN3O5/c1-15-9-16(2)11-19(10-15)27-25(31)22(13-17-5-4-6-20(12-17)29(32)33)28-24(30)21-14-18(26)7-8-23(21)34-3/h4-14H,1-3H3,(H,27,31)(H,28,30)/b22-13-. The highest BCUT2D eigenvalue weighted by Gasteiger charge is 2.19. The van der Waals surface area contributed by atoms with E-state index in [2.05, 4.69) is 26.6 Å². The minimum atomic E-state index is -0.584. The van der Waals surface area contributed by atoms with E-state index < -0.39 is 16.7 Å². The van der Waals surface area contributed by atoms with Crippen molar-refractivity contribution >= 4 is 45.2 Å². The molecule has 174 valence electrons. The highest BCUT2D eigenvalue weighted by Crippen LogP contribution is 2.24. The highest BCUT2D eigenvalue weighted by molar-refractivity contribution is 9.10. The number of anilines is 1. The summed E-state index contributed by atoms with van der Waals surface area (Å²) >= 11 is 3.33. The van der Waals surface area contributed by atoms with Crippen molar-refractivity contribution in [2.75, 3.05) is 12.4 Å². The number of non-ortho nitro benzene ring substituents is 1. The first kappa shape index (κ1) is 24.7. The Labute approximate surface area is 204 Å². The Hall–Kier alpha value is -3.98. The van der Waals surface area contributed by atoms with Crippen LogP contribution in [0.3, 0.4) is 0 Å². The number of benzene rings is 3. The van der Waals surface area contributed by atoms with Crippen molar-refractivity contribution in [2.24, 2.45) is 0 Å². The number of carbonyl (C=O) groups excluding carboxylic acids is 2. The molecular weight excluding hydrogens is 502 g/mol. The first-order valence-electron chi connectivity index (χ1n) is 10.2. The van der Waals surface area contributed by atoms with Crippen LogP contribution in [0, 0.1) is 24.0 Å². The first-order chi connectivity index (χ1) is 16.2. The van der Waals surface area contributed by atoms with E-state index in [0.717, 1.165) is 11.1 Å². The lowest BCUT2D eigenvalue weighted by Gasteiger charge is -2.14. The van der Waals surface area contributed by atoms with Crippen molar-refractivity contribution in [1.82, 2.24) is 5.32 Å². The molecule has 0 saturated heterocycles. The summed E-state index contributed by atoms with van der Waals surface area (Å²) in [7, 11) is 1.44. The Kier molecular flexibility index (Phi) is 7.80. The van der Waals surface area contributed by atoms with Gasteiger partial charge in [-0.25, -0.2) is 0 Å². The molecule has 2 amide bonds. The number of hydrogen-bond acceptors (Lipinski definition) is 5. The molecule has 0 radical (unpaired) electrons. The molecule has 0 heterocycles. The van der Waals surface area contributed by atoms with Gasteiger partial charge in [0, 0.05) is 22.3 Å². The average Bonchev–Trinajstić information content (AvgIpc) is 2.78. The molecule has 0 unspecified atom stereocenters. The Morgan fingerprint density at radius 1 is 1.03 bits per heavy atom. The van der Waals surface area contributed by atoms with Gasteiger partial charge in [-0.15, -0.1) is 0 Å². The van der Waals surface area contributed by atoms with Crippen molar-refractivity contribution in [3.05, 3.63) is 103 Å². The SMILES string of the molecule is COc1ccc(Br)cc1C(=O)N/C(=C\c1cccc([N+](=O)[O-])c1)C(=O)Nc1cc(C)cc(C)c1. The molecule has 34 heavy (non-hydrogen) atoms. The number of amides is 2. The summed E-state index contributed by atoms with van der Waals surface area (Å²) in [4.78, 5) is 36.9. The van der Waals surface area contributed by atoms with Gasteiger partial charge in [-0.1, -0.05) is 34.1 Å². The summed E-state index contributed by atoms with van der Waals surface area (Å²) in [6.07, 6.45) is 1.38. The largest absolute Gasteiger partial charge is 0.496 e. The van der Waals surface area contributed by atoms with Gasteiger partial charge < -0.3 is 15.4 Å². The number of ether oxygens (including phenoxy) is 1. The van der Waals surface area contributed by atoms with E-state index in [0.29, 0.717) is 21.5 Å². The Morgan fingerprint density at radius 2 is 1.74 bits per heavy atom. The molecule has 0 bridgehead atoms. The maximum absolute atomic E-state index is 13.2. The van der Waals surface area contributed by atoms with Gasteiger partial charge in [0.1, 0.15) is 11.4 Å². The lowest BCUT2D eigenvalue weighted by Crippen LogP contribution is -2.31. The molecule has 0 aliphatic heterocycles. The van der Waals surface area contributed by atoms with E-state index in [1.54, 1.807) is 36.4 Å². The quantitative estimate of drug-likeness (QED) is 0.245. The number of hydrogen-bond donors (Lipinski definition) is 2. The summed E-state index contributed by atoms with van der Waals surface area (Å²) < 4.78 is 5.92. The molecule has 2 N–H and O–H groups in total. The number of nitro groups is 1. The lowest BCUT2D eigenvalue weighted by molar-refractivity contribution is -0.384. The van der Waals surface area contributed by atoms with Gasteiger partial charge >= 0.3 is 0 Å². The number of carbonyl (C=O) groups is 2. The van der Waals surface area contributed by atoms with Crippen molar-refractivity contribution in [2.45, 2.75) is 13.8 Å². The van der Waals surface area contributed by atoms with Crippen LogP contribution >= 0.6 is 15.9 Å². The molecular formula is C25H22BrN3O5. The number of rotatable bonds is 7. The predicted octanol–water partition coefficient (Wildman–Crippen LogP) is 5.39. The van der Waals surface area contributed by atoms with Crippen molar-refractivity contribution < 1.29 is 19.2 Å². The average molecular weight is 524 g/mol. The van der Waals surface area contributed by atoms with Crippen LogP contribution in [0.2, 0.25) is 0 Å². The van der Waals surface area contributed by atoms with Crippen LogP contribution in [0.4, 0.5) is 11.4 Å². The van der Waals surface area contributed by atoms with E-state index in [1.165, 1.54) is 31.4 Å². The number of nitrogens with one attached hydrogen (secondary N) is 2. The van der Waals surface area contributed by atoms with Crippen LogP contribution in [0.25, 0.3) is 6.08 Å². The highest BCUT2D eigenvalue weighted by atomic mass is 79.9. The minimum Gasteiger partial charge on any atom is -0.496 e. The van der Waals surface area contributed by atoms with Gasteiger partial charge in [0.25, 0.3) is 17.5 Å². The second-order valence-corrected chi connectivity index (χ2v) is 8.46. The Bertz CT molecular complexity index is 1280. The zero-order chi connectivity index (χ0) is 24.8. The van der Waals surface area contributed by atoms with Crippen LogP contribution in [0.15, 0.2) is 70.8 Å². The Morgan fingerprint density at radius 3 is 2.38 bits per heavy atom. The van der Waals surface area contributed by atoms with Gasteiger partial charge in [-0.05, 0) is 66.9 Å². The van der Waals surface area contributed by atoms with Gasteiger partial charge in [0.15, 0.2) is 0 Å². The molecule has 0 aromatic heterocycles. The van der Waals surface area contributed by atoms with E-state index >= 15 is 0 Å². The van der Waals surface area contributed by atoms with E-state index in [9.17, 15) is 19.7 Å². The molecule has 0 aliphatic rings. The molecule has 3 aromatic carbocycles. The summed E-state index contributed by atoms with van der Waals surface area (Å²) in [6, 6.07) is 16.3. The minimum absolute atomic E-state index is 0.0910. The second kappa shape index (κ2) is 10.8. The van der Waals surface area contributed by atoms with Gasteiger partial charge in [-0.2, -0.15) is 0 Å². The molecule has 3 aromatic rings.